The van der Waals surface area contributed by atoms with Crippen LogP contribution in [0.15, 0.2) is 11.8 Å². The molecule has 0 atom stereocenters. The first-order valence-corrected chi connectivity index (χ1v) is 4.76. The van der Waals surface area contributed by atoms with Gasteiger partial charge in [0.15, 0.2) is 0 Å². The van der Waals surface area contributed by atoms with Gasteiger partial charge in [-0.25, -0.2) is 0 Å². The highest BCUT2D eigenvalue weighted by molar-refractivity contribution is 5.61. The summed E-state index contributed by atoms with van der Waals surface area (Å²) in [7, 11) is 0. The lowest BCUT2D eigenvalue weighted by Gasteiger charge is -2.01. The minimum Gasteiger partial charge on any atom is -0.396 e. The summed E-state index contributed by atoms with van der Waals surface area (Å²) in [5, 5.41) is 6.75. The molecule has 0 radical (unpaired) electrons. The van der Waals surface area contributed by atoms with Crippen molar-refractivity contribution in [2.24, 2.45) is 0 Å². The first kappa shape index (κ1) is 9.84. The Morgan fingerprint density at radius 1 is 1.62 bits per heavy atom. The van der Waals surface area contributed by atoms with Gasteiger partial charge >= 0.3 is 0 Å². The average Bonchev–Trinajstić information content (AvgIpc) is 2.51. The number of nitrogens with one attached hydrogen (secondary N) is 1. The van der Waals surface area contributed by atoms with E-state index in [2.05, 4.69) is 30.1 Å². The molecule has 3 nitrogen and oxygen atoms in total. The van der Waals surface area contributed by atoms with Crippen LogP contribution in [-0.2, 0) is 0 Å². The zero-order chi connectivity index (χ0) is 9.68. The zero-order valence-electron chi connectivity index (χ0n) is 8.30. The van der Waals surface area contributed by atoms with Crippen LogP contribution in [0.3, 0.4) is 0 Å². The third-order valence-corrected chi connectivity index (χ3v) is 2.07. The Bertz CT molecular complexity index is 286. The van der Waals surface area contributed by atoms with E-state index in [0.29, 0.717) is 0 Å². The number of aromatic amines is 1. The van der Waals surface area contributed by atoms with Gasteiger partial charge in [-0.05, 0) is 18.9 Å². The van der Waals surface area contributed by atoms with Crippen molar-refractivity contribution in [3.63, 3.8) is 0 Å². The highest BCUT2D eigenvalue weighted by atomic mass is 15.1. The normalized spacial score (nSPS) is 12.0. The molecular formula is C10H17N3. The number of nitrogens with zero attached hydrogens (tertiary/aromatic N) is 1. The largest absolute Gasteiger partial charge is 0.396 e. The Morgan fingerprint density at radius 3 is 2.85 bits per heavy atom. The fourth-order valence-corrected chi connectivity index (χ4v) is 1.30. The van der Waals surface area contributed by atoms with Crippen molar-refractivity contribution in [1.29, 1.82) is 0 Å². The van der Waals surface area contributed by atoms with Gasteiger partial charge in [0.2, 0.25) is 0 Å². The van der Waals surface area contributed by atoms with Crippen LogP contribution in [0.5, 0.6) is 0 Å². The highest BCUT2D eigenvalue weighted by Crippen LogP contribution is 2.16. The molecule has 1 heterocycles. The smallest absolute Gasteiger partial charge is 0.0807 e. The molecule has 3 heteroatoms. The summed E-state index contributed by atoms with van der Waals surface area (Å²) in [4.78, 5) is 0. The molecule has 1 aromatic heterocycles. The van der Waals surface area contributed by atoms with Crippen LogP contribution in [0.2, 0.25) is 0 Å². The summed E-state index contributed by atoms with van der Waals surface area (Å²) in [6.45, 7) is 4.34. The lowest BCUT2D eigenvalue weighted by atomic mass is 10.1. The van der Waals surface area contributed by atoms with E-state index >= 15 is 0 Å². The zero-order valence-corrected chi connectivity index (χ0v) is 8.30. The van der Waals surface area contributed by atoms with Gasteiger partial charge in [-0.1, -0.05) is 25.8 Å². The monoisotopic (exact) mass is 179 g/mol. The van der Waals surface area contributed by atoms with Crippen molar-refractivity contribution >= 4 is 11.8 Å². The maximum Gasteiger partial charge on any atom is 0.0807 e. The first-order chi connectivity index (χ1) is 6.27. The Hall–Kier alpha value is -1.25. The Balaban J connectivity index is 2.78. The minimum absolute atomic E-state index is 0.724. The molecule has 13 heavy (non-hydrogen) atoms. The topological polar surface area (TPSA) is 54.7 Å². The van der Waals surface area contributed by atoms with Gasteiger partial charge in [-0.3, -0.25) is 5.10 Å². The summed E-state index contributed by atoms with van der Waals surface area (Å²) in [6.07, 6.45) is 7.13. The lowest BCUT2D eigenvalue weighted by Crippen LogP contribution is -1.87. The van der Waals surface area contributed by atoms with E-state index in [4.69, 9.17) is 5.73 Å². The summed E-state index contributed by atoms with van der Waals surface area (Å²) >= 11 is 0. The standard InChI is InChI=1S/C10H17N3/c1-3-5-8(4-2)6-10-9(11)7-12-13-10/h6-7H,3-5,11H2,1-2H3,(H,12,13)/b8-6-. The molecule has 0 aliphatic carbocycles. The Morgan fingerprint density at radius 2 is 2.38 bits per heavy atom. The third-order valence-electron chi connectivity index (χ3n) is 2.07. The molecule has 0 unspecified atom stereocenters. The molecule has 0 bridgehead atoms. The molecule has 0 saturated carbocycles. The second-order valence-corrected chi connectivity index (χ2v) is 3.15. The van der Waals surface area contributed by atoms with Gasteiger partial charge in [0, 0.05) is 0 Å². The quantitative estimate of drug-likeness (QED) is 0.746. The molecule has 0 fully saturated rings. The van der Waals surface area contributed by atoms with E-state index in [1.807, 2.05) is 0 Å². The van der Waals surface area contributed by atoms with Gasteiger partial charge in [0.25, 0.3) is 0 Å². The number of allylic oxidation sites excluding steroid dienone is 1. The van der Waals surface area contributed by atoms with Crippen LogP contribution in [0, 0.1) is 0 Å². The van der Waals surface area contributed by atoms with Crippen LogP contribution in [0.4, 0.5) is 5.69 Å². The number of hydrogen-bond donors (Lipinski definition) is 2. The molecule has 72 valence electrons. The van der Waals surface area contributed by atoms with E-state index in [1.165, 1.54) is 12.0 Å². The third kappa shape index (κ3) is 2.61. The van der Waals surface area contributed by atoms with E-state index in [9.17, 15) is 0 Å². The van der Waals surface area contributed by atoms with Crippen LogP contribution < -0.4 is 5.73 Å². The maximum absolute atomic E-state index is 5.70. The number of hydrogen-bond acceptors (Lipinski definition) is 2. The molecule has 0 saturated heterocycles. The van der Waals surface area contributed by atoms with Crippen molar-refractivity contribution in [2.75, 3.05) is 5.73 Å². The van der Waals surface area contributed by atoms with Gasteiger partial charge in [0.05, 0.1) is 17.6 Å². The molecule has 0 amide bonds. The van der Waals surface area contributed by atoms with E-state index in [1.54, 1.807) is 6.20 Å². The second-order valence-electron chi connectivity index (χ2n) is 3.15. The molecule has 0 spiro atoms. The molecular weight excluding hydrogens is 162 g/mol. The predicted octanol–water partition coefficient (Wildman–Crippen LogP) is 2.59. The van der Waals surface area contributed by atoms with Gasteiger partial charge in [-0.15, -0.1) is 0 Å². The van der Waals surface area contributed by atoms with Crippen molar-refractivity contribution in [3.8, 4) is 0 Å². The Kier molecular flexibility index (Phi) is 3.55. The van der Waals surface area contributed by atoms with Crippen molar-refractivity contribution < 1.29 is 0 Å². The highest BCUT2D eigenvalue weighted by Gasteiger charge is 1.99. The summed E-state index contributed by atoms with van der Waals surface area (Å²) < 4.78 is 0. The number of nitrogen functional groups attached to an aromatic ring is 1. The van der Waals surface area contributed by atoms with Crippen molar-refractivity contribution in [1.82, 2.24) is 10.2 Å². The number of nitrogens with two attached hydrogens (primary N) is 1. The predicted molar refractivity (Wildman–Crippen MR) is 56.2 cm³/mol. The lowest BCUT2D eigenvalue weighted by molar-refractivity contribution is 0.865. The van der Waals surface area contributed by atoms with Crippen LogP contribution in [-0.4, -0.2) is 10.2 Å². The van der Waals surface area contributed by atoms with E-state index in [-0.39, 0.29) is 0 Å². The average molecular weight is 179 g/mol. The van der Waals surface area contributed by atoms with Crippen molar-refractivity contribution in [3.05, 3.63) is 17.5 Å². The van der Waals surface area contributed by atoms with Crippen LogP contribution in [0.25, 0.3) is 6.08 Å². The van der Waals surface area contributed by atoms with E-state index in [0.717, 1.165) is 24.2 Å². The fourth-order valence-electron chi connectivity index (χ4n) is 1.30. The van der Waals surface area contributed by atoms with Gasteiger partial charge in [-0.2, -0.15) is 5.10 Å². The fraction of sp³-hybridized carbons (Fsp3) is 0.500. The first-order valence-electron chi connectivity index (χ1n) is 4.76. The minimum atomic E-state index is 0.724. The Labute approximate surface area is 79.0 Å². The SMILES string of the molecule is CCC/C(=C\c1[nH]ncc1N)CC. The summed E-state index contributed by atoms with van der Waals surface area (Å²) in [5.74, 6) is 0. The van der Waals surface area contributed by atoms with E-state index < -0.39 is 0 Å². The van der Waals surface area contributed by atoms with Crippen LogP contribution in [0.1, 0.15) is 38.8 Å². The molecule has 0 aliphatic rings. The maximum atomic E-state index is 5.70. The molecule has 0 aliphatic heterocycles. The molecule has 1 aromatic rings. The summed E-state index contributed by atoms with van der Waals surface area (Å²) in [5.41, 5.74) is 8.78. The number of aromatic nitrogens is 2. The van der Waals surface area contributed by atoms with Crippen molar-refractivity contribution in [2.45, 2.75) is 33.1 Å². The molecule has 0 aromatic carbocycles. The molecule has 1 rings (SSSR count). The number of H-pyrrole nitrogens is 1. The van der Waals surface area contributed by atoms with Crippen LogP contribution >= 0.6 is 0 Å². The summed E-state index contributed by atoms with van der Waals surface area (Å²) in [6, 6.07) is 0. The van der Waals surface area contributed by atoms with Gasteiger partial charge in [0.1, 0.15) is 0 Å². The number of anilines is 1. The number of rotatable bonds is 4. The van der Waals surface area contributed by atoms with Gasteiger partial charge < -0.3 is 5.73 Å². The second kappa shape index (κ2) is 4.70. The molecule has 3 N–H and O–H groups in total.